The van der Waals surface area contributed by atoms with Gasteiger partial charge in [0.15, 0.2) is 5.65 Å². The summed E-state index contributed by atoms with van der Waals surface area (Å²) in [5.74, 6) is 0.911. The third-order valence-corrected chi connectivity index (χ3v) is 4.52. The van der Waals surface area contributed by atoms with E-state index >= 15 is 0 Å². The molecule has 3 heterocycles. The number of rotatable bonds is 4. The van der Waals surface area contributed by atoms with Gasteiger partial charge in [0, 0.05) is 23.7 Å². The molecule has 130 valence electrons. The van der Waals surface area contributed by atoms with Crippen molar-refractivity contribution in [3.63, 3.8) is 0 Å². The van der Waals surface area contributed by atoms with Gasteiger partial charge >= 0.3 is 0 Å². The zero-order valence-electron chi connectivity index (χ0n) is 14.5. The molecule has 0 amide bonds. The van der Waals surface area contributed by atoms with Gasteiger partial charge in [0.05, 0.1) is 37.3 Å². The van der Waals surface area contributed by atoms with Crippen LogP contribution in [0.5, 0.6) is 0 Å². The van der Waals surface area contributed by atoms with Crippen molar-refractivity contribution in [2.45, 2.75) is 20.0 Å². The quantitative estimate of drug-likeness (QED) is 0.793. The third-order valence-electron chi connectivity index (χ3n) is 4.52. The number of hydrogen-bond donors (Lipinski definition) is 1. The summed E-state index contributed by atoms with van der Waals surface area (Å²) in [7, 11) is 0. The molecule has 1 unspecified atom stereocenters. The lowest BCUT2D eigenvalue weighted by molar-refractivity contribution is -0.0819. The number of fused-ring (bicyclic) bond motifs is 1. The highest BCUT2D eigenvalue weighted by Crippen LogP contribution is 2.24. The molecule has 1 aromatic carbocycles. The van der Waals surface area contributed by atoms with Crippen LogP contribution in [0.3, 0.4) is 0 Å². The Kier molecular flexibility index (Phi) is 4.38. The molecule has 4 rings (SSSR count). The summed E-state index contributed by atoms with van der Waals surface area (Å²) in [5, 5.41) is 8.09. The maximum absolute atomic E-state index is 5.72. The Morgan fingerprint density at radius 2 is 2.04 bits per heavy atom. The summed E-state index contributed by atoms with van der Waals surface area (Å²) < 4.78 is 13.1. The molecule has 0 bridgehead atoms. The fraction of sp³-hybridized carbons (Fsp3) is 0.368. The van der Waals surface area contributed by atoms with Crippen molar-refractivity contribution >= 4 is 11.5 Å². The SMILES string of the molecule is Cc1nn2c(NCC3COCCO3)cc(-c3ccccc3)nc2c1C. The van der Waals surface area contributed by atoms with Crippen LogP contribution in [-0.2, 0) is 9.47 Å². The van der Waals surface area contributed by atoms with Crippen LogP contribution < -0.4 is 5.32 Å². The van der Waals surface area contributed by atoms with E-state index < -0.39 is 0 Å². The number of nitrogens with zero attached hydrogens (tertiary/aromatic N) is 3. The second-order valence-corrected chi connectivity index (χ2v) is 6.29. The van der Waals surface area contributed by atoms with Gasteiger partial charge in [-0.05, 0) is 13.8 Å². The van der Waals surface area contributed by atoms with Crippen LogP contribution in [0.1, 0.15) is 11.3 Å². The summed E-state index contributed by atoms with van der Waals surface area (Å²) in [5.41, 5.74) is 4.97. The Balaban J connectivity index is 1.71. The van der Waals surface area contributed by atoms with Gasteiger partial charge in [-0.1, -0.05) is 30.3 Å². The minimum absolute atomic E-state index is 0.0508. The number of aromatic nitrogens is 3. The fourth-order valence-electron chi connectivity index (χ4n) is 2.98. The first-order valence-electron chi connectivity index (χ1n) is 8.58. The Morgan fingerprint density at radius 3 is 2.80 bits per heavy atom. The van der Waals surface area contributed by atoms with Crippen molar-refractivity contribution in [3.8, 4) is 11.3 Å². The van der Waals surface area contributed by atoms with E-state index in [0.717, 1.165) is 34.0 Å². The number of hydrogen-bond acceptors (Lipinski definition) is 5. The molecule has 1 atom stereocenters. The van der Waals surface area contributed by atoms with Gasteiger partial charge in [0.25, 0.3) is 0 Å². The van der Waals surface area contributed by atoms with Crippen molar-refractivity contribution in [1.29, 1.82) is 0 Å². The molecular weight excluding hydrogens is 316 g/mol. The van der Waals surface area contributed by atoms with Crippen molar-refractivity contribution < 1.29 is 9.47 Å². The van der Waals surface area contributed by atoms with E-state index in [0.29, 0.717) is 26.4 Å². The number of anilines is 1. The topological polar surface area (TPSA) is 60.7 Å². The fourth-order valence-corrected chi connectivity index (χ4v) is 2.98. The minimum Gasteiger partial charge on any atom is -0.376 e. The largest absolute Gasteiger partial charge is 0.376 e. The van der Waals surface area contributed by atoms with E-state index in [4.69, 9.17) is 14.5 Å². The van der Waals surface area contributed by atoms with Crippen LogP contribution in [-0.4, -0.2) is 47.1 Å². The molecule has 0 spiro atoms. The smallest absolute Gasteiger partial charge is 0.161 e. The van der Waals surface area contributed by atoms with Crippen LogP contribution >= 0.6 is 0 Å². The van der Waals surface area contributed by atoms with E-state index in [-0.39, 0.29) is 6.10 Å². The number of ether oxygens (including phenoxy) is 2. The highest BCUT2D eigenvalue weighted by atomic mass is 16.6. The van der Waals surface area contributed by atoms with Gasteiger partial charge in [-0.3, -0.25) is 0 Å². The highest BCUT2D eigenvalue weighted by molar-refractivity contribution is 5.68. The molecule has 0 radical (unpaired) electrons. The van der Waals surface area contributed by atoms with Gasteiger partial charge in [0.2, 0.25) is 0 Å². The first-order chi connectivity index (χ1) is 12.2. The zero-order chi connectivity index (χ0) is 17.2. The molecule has 3 aromatic rings. The summed E-state index contributed by atoms with van der Waals surface area (Å²) >= 11 is 0. The number of aryl methyl sites for hydroxylation is 2. The zero-order valence-corrected chi connectivity index (χ0v) is 14.5. The standard InChI is InChI=1S/C19H22N4O2/c1-13-14(2)22-23-18(20-11-16-12-24-8-9-25-16)10-17(21-19(13)23)15-6-4-3-5-7-15/h3-7,10,16,20H,8-9,11-12H2,1-2H3. The Hall–Kier alpha value is -2.44. The molecule has 1 aliphatic heterocycles. The van der Waals surface area contributed by atoms with Crippen LogP contribution in [0.15, 0.2) is 36.4 Å². The molecule has 0 aliphatic carbocycles. The Bertz CT molecular complexity index is 870. The highest BCUT2D eigenvalue weighted by Gasteiger charge is 2.17. The molecule has 1 saturated heterocycles. The minimum atomic E-state index is 0.0508. The van der Waals surface area contributed by atoms with Crippen molar-refractivity contribution in [2.75, 3.05) is 31.7 Å². The van der Waals surface area contributed by atoms with Gasteiger partial charge in [-0.25, -0.2) is 4.98 Å². The molecular formula is C19H22N4O2. The second kappa shape index (κ2) is 6.82. The van der Waals surface area contributed by atoms with Crippen LogP contribution in [0.25, 0.3) is 16.9 Å². The predicted molar refractivity (Wildman–Crippen MR) is 96.9 cm³/mol. The molecule has 25 heavy (non-hydrogen) atoms. The maximum atomic E-state index is 5.72. The molecule has 1 N–H and O–H groups in total. The van der Waals surface area contributed by atoms with E-state index in [9.17, 15) is 0 Å². The summed E-state index contributed by atoms with van der Waals surface area (Å²) in [6.07, 6.45) is 0.0508. The number of nitrogens with one attached hydrogen (secondary N) is 1. The lowest BCUT2D eigenvalue weighted by atomic mass is 10.1. The van der Waals surface area contributed by atoms with Crippen LogP contribution in [0.2, 0.25) is 0 Å². The number of benzene rings is 1. The Labute approximate surface area is 146 Å². The Morgan fingerprint density at radius 1 is 1.20 bits per heavy atom. The molecule has 6 nitrogen and oxygen atoms in total. The molecule has 6 heteroatoms. The van der Waals surface area contributed by atoms with Crippen LogP contribution in [0, 0.1) is 13.8 Å². The van der Waals surface area contributed by atoms with E-state index in [2.05, 4.69) is 29.5 Å². The van der Waals surface area contributed by atoms with Crippen molar-refractivity contribution in [2.24, 2.45) is 0 Å². The summed E-state index contributed by atoms with van der Waals surface area (Å²) in [6, 6.07) is 12.2. The van der Waals surface area contributed by atoms with Crippen molar-refractivity contribution in [1.82, 2.24) is 14.6 Å². The monoisotopic (exact) mass is 338 g/mol. The molecule has 0 saturated carbocycles. The third kappa shape index (κ3) is 3.23. The van der Waals surface area contributed by atoms with Crippen molar-refractivity contribution in [3.05, 3.63) is 47.7 Å². The van der Waals surface area contributed by atoms with Gasteiger partial charge in [0.1, 0.15) is 5.82 Å². The van der Waals surface area contributed by atoms with E-state index in [1.54, 1.807) is 0 Å². The van der Waals surface area contributed by atoms with Gasteiger partial charge < -0.3 is 14.8 Å². The molecule has 1 fully saturated rings. The first-order valence-corrected chi connectivity index (χ1v) is 8.58. The second-order valence-electron chi connectivity index (χ2n) is 6.29. The lowest BCUT2D eigenvalue weighted by Crippen LogP contribution is -2.34. The maximum Gasteiger partial charge on any atom is 0.161 e. The van der Waals surface area contributed by atoms with Gasteiger partial charge in [-0.2, -0.15) is 9.61 Å². The predicted octanol–water partition coefficient (Wildman–Crippen LogP) is 2.84. The normalized spacial score (nSPS) is 17.8. The van der Waals surface area contributed by atoms with Gasteiger partial charge in [-0.15, -0.1) is 0 Å². The average molecular weight is 338 g/mol. The lowest BCUT2D eigenvalue weighted by Gasteiger charge is -2.23. The average Bonchev–Trinajstić information content (AvgIpc) is 2.96. The van der Waals surface area contributed by atoms with E-state index in [1.807, 2.05) is 35.7 Å². The summed E-state index contributed by atoms with van der Waals surface area (Å²) in [4.78, 5) is 4.83. The van der Waals surface area contributed by atoms with Crippen LogP contribution in [0.4, 0.5) is 5.82 Å². The molecule has 2 aromatic heterocycles. The van der Waals surface area contributed by atoms with E-state index in [1.165, 1.54) is 0 Å². The first kappa shape index (κ1) is 16.1. The molecule has 1 aliphatic rings. The summed E-state index contributed by atoms with van der Waals surface area (Å²) in [6.45, 7) is 6.67.